The van der Waals surface area contributed by atoms with E-state index in [0.717, 1.165) is 5.56 Å². The minimum absolute atomic E-state index is 0.0323. The highest BCUT2D eigenvalue weighted by Crippen LogP contribution is 2.20. The van der Waals surface area contributed by atoms with Gasteiger partial charge in [0.25, 0.3) is 0 Å². The SMILES string of the molecule is N=C1C(=C2N=C(c3ccco3)NN2)NN(F)N1Cc1ccccc1. The van der Waals surface area contributed by atoms with E-state index in [9.17, 15) is 4.48 Å². The van der Waals surface area contributed by atoms with Gasteiger partial charge in [0.05, 0.1) is 12.8 Å². The molecule has 9 heteroatoms. The summed E-state index contributed by atoms with van der Waals surface area (Å²) in [5.41, 5.74) is 9.25. The second kappa shape index (κ2) is 5.70. The van der Waals surface area contributed by atoms with Gasteiger partial charge < -0.3 is 4.42 Å². The van der Waals surface area contributed by atoms with Crippen molar-refractivity contribution in [2.75, 3.05) is 0 Å². The van der Waals surface area contributed by atoms with Gasteiger partial charge in [-0.15, -0.1) is 0 Å². The number of hydrogen-bond donors (Lipinski definition) is 4. The number of halogens is 1. The molecule has 1 aromatic heterocycles. The summed E-state index contributed by atoms with van der Waals surface area (Å²) in [6.45, 7) is 0.224. The smallest absolute Gasteiger partial charge is 0.190 e. The van der Waals surface area contributed by atoms with E-state index < -0.39 is 0 Å². The summed E-state index contributed by atoms with van der Waals surface area (Å²) in [6.07, 6.45) is 1.53. The molecule has 2 aliphatic heterocycles. The van der Waals surface area contributed by atoms with Crippen LogP contribution in [0.2, 0.25) is 0 Å². The van der Waals surface area contributed by atoms with Crippen LogP contribution < -0.4 is 16.3 Å². The Bertz CT molecular complexity index is 816. The van der Waals surface area contributed by atoms with E-state index in [1.165, 1.54) is 11.3 Å². The van der Waals surface area contributed by atoms with Gasteiger partial charge in [-0.25, -0.2) is 10.0 Å². The van der Waals surface area contributed by atoms with E-state index in [4.69, 9.17) is 9.83 Å². The van der Waals surface area contributed by atoms with Crippen molar-refractivity contribution in [1.82, 2.24) is 26.6 Å². The van der Waals surface area contributed by atoms with Gasteiger partial charge in [-0.2, -0.15) is 0 Å². The predicted octanol–water partition coefficient (Wildman–Crippen LogP) is 1.40. The van der Waals surface area contributed by atoms with E-state index in [1.54, 1.807) is 12.1 Å². The summed E-state index contributed by atoms with van der Waals surface area (Å²) < 4.78 is 19.4. The fourth-order valence-corrected chi connectivity index (χ4v) is 2.42. The molecule has 0 saturated carbocycles. The van der Waals surface area contributed by atoms with Gasteiger partial charge in [0.15, 0.2) is 23.3 Å². The molecule has 8 nitrogen and oxygen atoms in total. The van der Waals surface area contributed by atoms with Gasteiger partial charge in [-0.3, -0.25) is 21.7 Å². The summed E-state index contributed by atoms with van der Waals surface area (Å²) in [7, 11) is 0. The van der Waals surface area contributed by atoms with Crippen LogP contribution in [-0.4, -0.2) is 22.0 Å². The van der Waals surface area contributed by atoms with Crippen molar-refractivity contribution in [2.24, 2.45) is 4.99 Å². The molecule has 0 aliphatic carbocycles. The zero-order valence-electron chi connectivity index (χ0n) is 12.5. The molecular formula is C15H14FN7O. The van der Waals surface area contributed by atoms with E-state index >= 15 is 0 Å². The fourth-order valence-electron chi connectivity index (χ4n) is 2.42. The summed E-state index contributed by atoms with van der Waals surface area (Å²) >= 11 is 0. The Morgan fingerprint density at radius 2 is 1.96 bits per heavy atom. The summed E-state index contributed by atoms with van der Waals surface area (Å²) in [5, 5.41) is 9.66. The van der Waals surface area contributed by atoms with E-state index in [1.807, 2.05) is 30.3 Å². The third-order valence-electron chi connectivity index (χ3n) is 3.60. The lowest BCUT2D eigenvalue weighted by molar-refractivity contribution is -0.150. The highest BCUT2D eigenvalue weighted by Gasteiger charge is 2.34. The van der Waals surface area contributed by atoms with E-state index in [0.29, 0.717) is 17.4 Å². The number of nitrogens with zero attached hydrogens (tertiary/aromatic N) is 3. The monoisotopic (exact) mass is 327 g/mol. The zero-order chi connectivity index (χ0) is 16.5. The van der Waals surface area contributed by atoms with Gasteiger partial charge in [0, 0.05) is 5.34 Å². The van der Waals surface area contributed by atoms with Gasteiger partial charge in [0.2, 0.25) is 0 Å². The number of hydrazine groups is 3. The molecule has 3 heterocycles. The summed E-state index contributed by atoms with van der Waals surface area (Å²) in [6, 6.07) is 12.9. The third-order valence-corrected chi connectivity index (χ3v) is 3.60. The van der Waals surface area contributed by atoms with Crippen molar-refractivity contribution in [2.45, 2.75) is 6.54 Å². The number of benzene rings is 1. The van der Waals surface area contributed by atoms with Crippen molar-refractivity contribution in [3.05, 3.63) is 71.6 Å². The molecule has 4 N–H and O–H groups in total. The average Bonchev–Trinajstić information content (AvgIpc) is 3.32. The van der Waals surface area contributed by atoms with Gasteiger partial charge >= 0.3 is 0 Å². The number of furan rings is 1. The van der Waals surface area contributed by atoms with Crippen molar-refractivity contribution >= 4 is 11.7 Å². The topological polar surface area (TPSA) is 91.9 Å². The zero-order valence-corrected chi connectivity index (χ0v) is 12.5. The van der Waals surface area contributed by atoms with Crippen LogP contribution in [0.25, 0.3) is 0 Å². The van der Waals surface area contributed by atoms with Crippen molar-refractivity contribution in [3.63, 3.8) is 0 Å². The van der Waals surface area contributed by atoms with Crippen molar-refractivity contribution in [1.29, 1.82) is 5.41 Å². The maximum atomic E-state index is 14.2. The first kappa shape index (κ1) is 14.3. The molecule has 0 bridgehead atoms. The van der Waals surface area contributed by atoms with Crippen LogP contribution in [0.4, 0.5) is 4.48 Å². The van der Waals surface area contributed by atoms with Crippen LogP contribution in [-0.2, 0) is 6.54 Å². The Morgan fingerprint density at radius 1 is 1.12 bits per heavy atom. The molecule has 0 atom stereocenters. The largest absolute Gasteiger partial charge is 0.461 e. The van der Waals surface area contributed by atoms with Gasteiger partial charge in [-0.05, 0) is 17.7 Å². The molecule has 0 amide bonds. The first-order valence-corrected chi connectivity index (χ1v) is 7.24. The Balaban J connectivity index is 1.58. The number of amidine groups is 2. The lowest BCUT2D eigenvalue weighted by Gasteiger charge is -2.19. The number of rotatable bonds is 3. The standard InChI is InChI=1S/C15H14FN7O/c16-23-21-12(13(17)22(23)9-10-5-2-1-3-6-10)15-18-14(19-20-15)11-7-4-8-24-11/h1-8,17,20-21H,9H2,(H,18,19). The highest BCUT2D eigenvalue weighted by molar-refractivity contribution is 6.01. The van der Waals surface area contributed by atoms with Crippen LogP contribution in [0.5, 0.6) is 0 Å². The van der Waals surface area contributed by atoms with Crippen molar-refractivity contribution < 1.29 is 8.90 Å². The quantitative estimate of drug-likeness (QED) is 0.637. The Morgan fingerprint density at radius 3 is 2.71 bits per heavy atom. The average molecular weight is 327 g/mol. The van der Waals surface area contributed by atoms with Gasteiger partial charge in [0.1, 0.15) is 5.70 Å². The summed E-state index contributed by atoms with van der Waals surface area (Å²) in [4.78, 5) is 4.30. The number of aliphatic imine (C=N–C) groups is 1. The fraction of sp³-hybridized carbons (Fsp3) is 0.0667. The molecule has 24 heavy (non-hydrogen) atoms. The molecule has 0 unspecified atom stereocenters. The number of hydrogen-bond acceptors (Lipinski definition) is 7. The molecule has 2 aromatic rings. The first-order chi connectivity index (χ1) is 11.7. The van der Waals surface area contributed by atoms with Crippen LogP contribution in [0, 0.1) is 5.41 Å². The molecule has 1 aromatic carbocycles. The Kier molecular flexibility index (Phi) is 3.39. The minimum Gasteiger partial charge on any atom is -0.461 e. The predicted molar refractivity (Wildman–Crippen MR) is 84.3 cm³/mol. The van der Waals surface area contributed by atoms with E-state index in [2.05, 4.69) is 21.3 Å². The van der Waals surface area contributed by atoms with Crippen molar-refractivity contribution in [3.8, 4) is 0 Å². The highest BCUT2D eigenvalue weighted by atomic mass is 19.2. The lowest BCUT2D eigenvalue weighted by atomic mass is 10.2. The van der Waals surface area contributed by atoms with Gasteiger partial charge in [-0.1, -0.05) is 34.8 Å². The first-order valence-electron chi connectivity index (χ1n) is 7.24. The molecule has 122 valence electrons. The molecule has 0 radical (unpaired) electrons. The second-order valence-corrected chi connectivity index (χ2v) is 5.18. The minimum atomic E-state index is -0.0323. The molecule has 1 fully saturated rings. The van der Waals surface area contributed by atoms with Crippen LogP contribution in [0.3, 0.4) is 0 Å². The van der Waals surface area contributed by atoms with E-state index in [-0.39, 0.29) is 23.4 Å². The third kappa shape index (κ3) is 2.46. The van der Waals surface area contributed by atoms with Crippen LogP contribution in [0.15, 0.2) is 69.7 Å². The normalized spacial score (nSPS) is 20.6. The Hall–Kier alpha value is -3.33. The Labute approximate surface area is 136 Å². The maximum absolute atomic E-state index is 14.2. The molecule has 2 aliphatic rings. The molecule has 1 saturated heterocycles. The lowest BCUT2D eigenvalue weighted by Crippen LogP contribution is -2.35. The molecular weight excluding hydrogens is 313 g/mol. The second-order valence-electron chi connectivity index (χ2n) is 5.18. The maximum Gasteiger partial charge on any atom is 0.190 e. The van der Waals surface area contributed by atoms with Crippen LogP contribution in [0.1, 0.15) is 11.3 Å². The molecule has 4 rings (SSSR count). The molecule has 0 spiro atoms. The number of nitrogens with one attached hydrogen (secondary N) is 4. The summed E-state index contributed by atoms with van der Waals surface area (Å²) in [5.74, 6) is 1.28. The van der Waals surface area contributed by atoms with Crippen LogP contribution >= 0.6 is 0 Å².